The van der Waals surface area contributed by atoms with Crippen LogP contribution in [0.15, 0.2) is 18.2 Å². The van der Waals surface area contributed by atoms with E-state index in [1.165, 1.54) is 0 Å². The van der Waals surface area contributed by atoms with Gasteiger partial charge < -0.3 is 5.32 Å². The van der Waals surface area contributed by atoms with Gasteiger partial charge in [-0.25, -0.2) is 0 Å². The van der Waals surface area contributed by atoms with Crippen LogP contribution in [0.25, 0.3) is 0 Å². The number of anilines is 1. The second-order valence-corrected chi connectivity index (χ2v) is 4.33. The van der Waals surface area contributed by atoms with E-state index in [-0.39, 0.29) is 16.0 Å². The van der Waals surface area contributed by atoms with Crippen LogP contribution in [0.2, 0.25) is 0 Å². The lowest BCUT2D eigenvalue weighted by atomic mass is 9.77. The van der Waals surface area contributed by atoms with Crippen molar-refractivity contribution in [3.8, 4) is 0 Å². The van der Waals surface area contributed by atoms with E-state index < -0.39 is 0 Å². The molecule has 0 unspecified atom stereocenters. The van der Waals surface area contributed by atoms with Crippen LogP contribution in [0, 0.1) is 10.1 Å². The summed E-state index contributed by atoms with van der Waals surface area (Å²) in [6, 6.07) is 5.11. The molecule has 1 N–H and O–H groups in total. The maximum Gasteiger partial charge on any atom is 0.269 e. The van der Waals surface area contributed by atoms with Crippen molar-refractivity contribution in [2.75, 3.05) is 11.9 Å². The van der Waals surface area contributed by atoms with Crippen LogP contribution in [-0.2, 0) is 5.41 Å². The minimum absolute atomic E-state index is 0.0708. The van der Waals surface area contributed by atoms with E-state index in [0.717, 1.165) is 30.6 Å². The summed E-state index contributed by atoms with van der Waals surface area (Å²) in [5.41, 5.74) is 2.41. The van der Waals surface area contributed by atoms with Crippen LogP contribution < -0.4 is 5.32 Å². The first-order valence-electron chi connectivity index (χ1n) is 5.66. The molecule has 0 saturated heterocycles. The van der Waals surface area contributed by atoms with E-state index in [9.17, 15) is 10.1 Å². The van der Waals surface area contributed by atoms with Gasteiger partial charge in [0.05, 0.1) is 4.92 Å². The first-order chi connectivity index (χ1) is 7.63. The highest BCUT2D eigenvalue weighted by molar-refractivity contribution is 5.63. The van der Waals surface area contributed by atoms with E-state index >= 15 is 0 Å². The SMILES string of the molecule is CCC1(CC)CNc2ccc([N+](=O)[O-])cc21. The molecule has 0 spiro atoms. The lowest BCUT2D eigenvalue weighted by Gasteiger charge is -2.25. The second kappa shape index (κ2) is 3.77. The van der Waals surface area contributed by atoms with E-state index in [4.69, 9.17) is 0 Å². The zero-order chi connectivity index (χ0) is 11.8. The van der Waals surface area contributed by atoms with Gasteiger partial charge in [-0.3, -0.25) is 10.1 Å². The molecule has 1 aromatic carbocycles. The Hall–Kier alpha value is -1.58. The molecule has 2 rings (SSSR count). The first-order valence-corrected chi connectivity index (χ1v) is 5.66. The topological polar surface area (TPSA) is 55.2 Å². The molecule has 1 aromatic rings. The Kier molecular flexibility index (Phi) is 2.58. The fourth-order valence-corrected chi connectivity index (χ4v) is 2.48. The third-order valence-corrected chi connectivity index (χ3v) is 3.76. The van der Waals surface area contributed by atoms with E-state index in [1.807, 2.05) is 6.07 Å². The summed E-state index contributed by atoms with van der Waals surface area (Å²) in [5.74, 6) is 0. The number of hydrogen-bond donors (Lipinski definition) is 1. The van der Waals surface area contributed by atoms with Crippen LogP contribution in [0.3, 0.4) is 0 Å². The van der Waals surface area contributed by atoms with Gasteiger partial charge in [0.1, 0.15) is 0 Å². The molecule has 1 aliphatic heterocycles. The van der Waals surface area contributed by atoms with Gasteiger partial charge in [0, 0.05) is 29.8 Å². The number of rotatable bonds is 3. The third kappa shape index (κ3) is 1.45. The van der Waals surface area contributed by atoms with Gasteiger partial charge in [-0.15, -0.1) is 0 Å². The van der Waals surface area contributed by atoms with Crippen molar-refractivity contribution in [3.05, 3.63) is 33.9 Å². The normalized spacial score (nSPS) is 16.6. The Labute approximate surface area is 94.8 Å². The number of nitro benzene ring substituents is 1. The van der Waals surface area contributed by atoms with Crippen LogP contribution in [-0.4, -0.2) is 11.5 Å². The number of fused-ring (bicyclic) bond motifs is 1. The van der Waals surface area contributed by atoms with Gasteiger partial charge in [-0.05, 0) is 24.5 Å². The largest absolute Gasteiger partial charge is 0.384 e. The lowest BCUT2D eigenvalue weighted by molar-refractivity contribution is -0.384. The standard InChI is InChI=1S/C12H16N2O2/c1-3-12(4-2)8-13-11-6-5-9(14(15)16)7-10(11)12/h5-7,13H,3-4,8H2,1-2H3. The van der Waals surface area contributed by atoms with Gasteiger partial charge >= 0.3 is 0 Å². The molecular formula is C12H16N2O2. The van der Waals surface area contributed by atoms with Gasteiger partial charge in [-0.1, -0.05) is 13.8 Å². The monoisotopic (exact) mass is 220 g/mol. The summed E-state index contributed by atoms with van der Waals surface area (Å²) in [6.45, 7) is 5.16. The molecular weight excluding hydrogens is 204 g/mol. The maximum absolute atomic E-state index is 10.8. The molecule has 4 nitrogen and oxygen atoms in total. The molecule has 4 heteroatoms. The molecule has 0 aliphatic carbocycles. The quantitative estimate of drug-likeness (QED) is 0.629. The molecule has 1 heterocycles. The van der Waals surface area contributed by atoms with E-state index in [1.54, 1.807) is 12.1 Å². The van der Waals surface area contributed by atoms with Crippen molar-refractivity contribution >= 4 is 11.4 Å². The van der Waals surface area contributed by atoms with Crippen molar-refractivity contribution in [1.29, 1.82) is 0 Å². The minimum atomic E-state index is -0.325. The minimum Gasteiger partial charge on any atom is -0.384 e. The van der Waals surface area contributed by atoms with Gasteiger partial charge in [0.2, 0.25) is 0 Å². The van der Waals surface area contributed by atoms with Crippen molar-refractivity contribution in [3.63, 3.8) is 0 Å². The highest BCUT2D eigenvalue weighted by Gasteiger charge is 2.36. The summed E-state index contributed by atoms with van der Waals surface area (Å²) in [6.07, 6.45) is 2.01. The van der Waals surface area contributed by atoms with E-state index in [2.05, 4.69) is 19.2 Å². The van der Waals surface area contributed by atoms with E-state index in [0.29, 0.717) is 0 Å². The number of nitrogens with one attached hydrogen (secondary N) is 1. The average Bonchev–Trinajstić information content (AvgIpc) is 2.67. The smallest absolute Gasteiger partial charge is 0.269 e. The molecule has 0 amide bonds. The Bertz CT molecular complexity index is 425. The van der Waals surface area contributed by atoms with Crippen molar-refractivity contribution < 1.29 is 4.92 Å². The fourth-order valence-electron chi connectivity index (χ4n) is 2.48. The molecule has 86 valence electrons. The Morgan fingerprint density at radius 3 is 2.69 bits per heavy atom. The Morgan fingerprint density at radius 2 is 2.12 bits per heavy atom. The van der Waals surface area contributed by atoms with Gasteiger partial charge in [0.15, 0.2) is 0 Å². The summed E-state index contributed by atoms with van der Waals surface area (Å²) in [4.78, 5) is 10.4. The molecule has 0 aromatic heterocycles. The fraction of sp³-hybridized carbons (Fsp3) is 0.500. The van der Waals surface area contributed by atoms with Crippen LogP contribution >= 0.6 is 0 Å². The number of non-ortho nitro benzene ring substituents is 1. The second-order valence-electron chi connectivity index (χ2n) is 4.33. The highest BCUT2D eigenvalue weighted by Crippen LogP contribution is 2.42. The number of benzene rings is 1. The summed E-state index contributed by atoms with van der Waals surface area (Å²) < 4.78 is 0. The average molecular weight is 220 g/mol. The number of nitro groups is 1. The Balaban J connectivity index is 2.52. The summed E-state index contributed by atoms with van der Waals surface area (Å²) in [7, 11) is 0. The van der Waals surface area contributed by atoms with Crippen LogP contribution in [0.1, 0.15) is 32.3 Å². The summed E-state index contributed by atoms with van der Waals surface area (Å²) >= 11 is 0. The highest BCUT2D eigenvalue weighted by atomic mass is 16.6. The maximum atomic E-state index is 10.8. The van der Waals surface area contributed by atoms with Gasteiger partial charge in [-0.2, -0.15) is 0 Å². The predicted molar refractivity (Wildman–Crippen MR) is 63.8 cm³/mol. The predicted octanol–water partition coefficient (Wildman–Crippen LogP) is 3.08. The molecule has 0 fully saturated rings. The molecule has 0 radical (unpaired) electrons. The molecule has 1 aliphatic rings. The number of nitrogens with zero attached hydrogens (tertiary/aromatic N) is 1. The molecule has 16 heavy (non-hydrogen) atoms. The molecule has 0 saturated carbocycles. The Morgan fingerprint density at radius 1 is 1.44 bits per heavy atom. The van der Waals surface area contributed by atoms with Crippen LogP contribution in [0.4, 0.5) is 11.4 Å². The zero-order valence-electron chi connectivity index (χ0n) is 9.62. The van der Waals surface area contributed by atoms with Crippen molar-refractivity contribution in [1.82, 2.24) is 0 Å². The van der Waals surface area contributed by atoms with Gasteiger partial charge in [0.25, 0.3) is 5.69 Å². The zero-order valence-corrected chi connectivity index (χ0v) is 9.62. The lowest BCUT2D eigenvalue weighted by Crippen LogP contribution is -2.26. The first kappa shape index (κ1) is 10.9. The molecule has 0 atom stereocenters. The third-order valence-electron chi connectivity index (χ3n) is 3.76. The van der Waals surface area contributed by atoms with Crippen molar-refractivity contribution in [2.24, 2.45) is 0 Å². The number of hydrogen-bond acceptors (Lipinski definition) is 3. The van der Waals surface area contributed by atoms with Crippen molar-refractivity contribution in [2.45, 2.75) is 32.1 Å². The summed E-state index contributed by atoms with van der Waals surface area (Å²) in [5, 5.41) is 14.1. The van der Waals surface area contributed by atoms with Crippen LogP contribution in [0.5, 0.6) is 0 Å². The molecule has 0 bridgehead atoms.